The molecule has 0 bridgehead atoms. The standard InChI is InChI=1S/C23H23FN4O5S/c1-2-33-19-7-9-20(10-8-19)34(31,32)27-15-13-26(14-16-27)23(30)21-11-12-22(29)28(25-21)18-5-3-17(24)4-6-18/h3-12H,2,13-16H2,1H3. The second kappa shape index (κ2) is 9.74. The Kier molecular flexibility index (Phi) is 6.75. The van der Waals surface area contributed by atoms with Gasteiger partial charge in [-0.1, -0.05) is 0 Å². The molecule has 11 heteroatoms. The fourth-order valence-electron chi connectivity index (χ4n) is 3.61. The number of aromatic nitrogens is 2. The lowest BCUT2D eigenvalue weighted by Gasteiger charge is -2.33. The van der Waals surface area contributed by atoms with Crippen LogP contribution in [0.25, 0.3) is 5.69 Å². The average molecular weight is 487 g/mol. The Hall–Kier alpha value is -3.57. The van der Waals surface area contributed by atoms with Crippen LogP contribution in [0.3, 0.4) is 0 Å². The minimum atomic E-state index is -3.71. The molecule has 2 aromatic carbocycles. The number of nitrogens with zero attached hydrogens (tertiary/aromatic N) is 4. The molecule has 0 spiro atoms. The largest absolute Gasteiger partial charge is 0.494 e. The Balaban J connectivity index is 1.46. The molecule has 2 heterocycles. The van der Waals surface area contributed by atoms with E-state index in [-0.39, 0.29) is 36.8 Å². The minimum absolute atomic E-state index is 0.0340. The molecule has 1 aliphatic rings. The van der Waals surface area contributed by atoms with E-state index >= 15 is 0 Å². The monoisotopic (exact) mass is 486 g/mol. The number of sulfonamides is 1. The third kappa shape index (κ3) is 4.85. The highest BCUT2D eigenvalue weighted by Crippen LogP contribution is 2.21. The predicted octanol–water partition coefficient (Wildman–Crippen LogP) is 1.92. The Morgan fingerprint density at radius 3 is 2.24 bits per heavy atom. The van der Waals surface area contributed by atoms with E-state index in [1.54, 1.807) is 12.1 Å². The van der Waals surface area contributed by atoms with Crippen molar-refractivity contribution in [1.29, 1.82) is 0 Å². The number of hydrogen-bond donors (Lipinski definition) is 0. The molecule has 0 radical (unpaired) electrons. The first-order valence-corrected chi connectivity index (χ1v) is 12.1. The molecule has 0 atom stereocenters. The number of rotatable bonds is 6. The van der Waals surface area contributed by atoms with Crippen LogP contribution < -0.4 is 10.3 Å². The summed E-state index contributed by atoms with van der Waals surface area (Å²) in [5.74, 6) is -0.289. The molecule has 1 aromatic heterocycles. The van der Waals surface area contributed by atoms with Gasteiger partial charge >= 0.3 is 0 Å². The van der Waals surface area contributed by atoms with Crippen LogP contribution >= 0.6 is 0 Å². The molecule has 0 saturated carbocycles. The van der Waals surface area contributed by atoms with Gasteiger partial charge in [-0.05, 0) is 61.5 Å². The van der Waals surface area contributed by atoms with Gasteiger partial charge in [-0.2, -0.15) is 14.1 Å². The van der Waals surface area contributed by atoms with Gasteiger partial charge in [-0.3, -0.25) is 9.59 Å². The summed E-state index contributed by atoms with van der Waals surface area (Å²) in [4.78, 5) is 26.8. The van der Waals surface area contributed by atoms with Crippen molar-refractivity contribution in [3.8, 4) is 11.4 Å². The van der Waals surface area contributed by atoms with Gasteiger partial charge in [0.05, 0.1) is 17.2 Å². The number of piperazine rings is 1. The zero-order valence-corrected chi connectivity index (χ0v) is 19.2. The predicted molar refractivity (Wildman–Crippen MR) is 122 cm³/mol. The first-order chi connectivity index (χ1) is 16.3. The Bertz CT molecular complexity index is 1330. The molecular formula is C23H23FN4O5S. The van der Waals surface area contributed by atoms with Crippen LogP contribution in [0, 0.1) is 5.82 Å². The number of benzene rings is 2. The summed E-state index contributed by atoms with van der Waals surface area (Å²) in [6.07, 6.45) is 0. The highest BCUT2D eigenvalue weighted by atomic mass is 32.2. The lowest BCUT2D eigenvalue weighted by atomic mass is 10.3. The van der Waals surface area contributed by atoms with Crippen LogP contribution in [0.1, 0.15) is 17.4 Å². The van der Waals surface area contributed by atoms with Crippen LogP contribution in [0.2, 0.25) is 0 Å². The quantitative estimate of drug-likeness (QED) is 0.528. The van der Waals surface area contributed by atoms with Gasteiger partial charge in [-0.25, -0.2) is 12.8 Å². The fraction of sp³-hybridized carbons (Fsp3) is 0.261. The van der Waals surface area contributed by atoms with E-state index in [2.05, 4.69) is 5.10 Å². The van der Waals surface area contributed by atoms with Gasteiger partial charge in [0.15, 0.2) is 0 Å². The van der Waals surface area contributed by atoms with E-state index in [0.29, 0.717) is 18.0 Å². The van der Waals surface area contributed by atoms with Gasteiger partial charge in [0, 0.05) is 32.2 Å². The van der Waals surface area contributed by atoms with E-state index in [0.717, 1.165) is 4.68 Å². The molecule has 0 aliphatic carbocycles. The van der Waals surface area contributed by atoms with Gasteiger partial charge in [0.25, 0.3) is 11.5 Å². The van der Waals surface area contributed by atoms with E-state index in [1.165, 1.54) is 57.7 Å². The first-order valence-electron chi connectivity index (χ1n) is 10.7. The number of carbonyl (C=O) groups is 1. The number of amides is 1. The molecule has 1 saturated heterocycles. The zero-order valence-electron chi connectivity index (χ0n) is 18.4. The summed E-state index contributed by atoms with van der Waals surface area (Å²) in [6.45, 7) is 2.92. The molecule has 3 aromatic rings. The number of ether oxygens (including phenoxy) is 1. The first kappa shape index (κ1) is 23.6. The summed E-state index contributed by atoms with van der Waals surface area (Å²) in [6, 6.07) is 13.9. The topological polar surface area (TPSA) is 102 Å². The van der Waals surface area contributed by atoms with Gasteiger partial charge in [-0.15, -0.1) is 0 Å². The number of carbonyl (C=O) groups excluding carboxylic acids is 1. The lowest BCUT2D eigenvalue weighted by Crippen LogP contribution is -2.50. The number of halogens is 1. The second-order valence-corrected chi connectivity index (χ2v) is 9.48. The summed E-state index contributed by atoms with van der Waals surface area (Å²) in [5, 5.41) is 4.13. The average Bonchev–Trinajstić information content (AvgIpc) is 2.85. The Morgan fingerprint density at radius 2 is 1.62 bits per heavy atom. The van der Waals surface area contributed by atoms with Crippen molar-refractivity contribution in [2.24, 2.45) is 0 Å². The van der Waals surface area contributed by atoms with Gasteiger partial charge in [0.2, 0.25) is 10.0 Å². The molecule has 9 nitrogen and oxygen atoms in total. The van der Waals surface area contributed by atoms with Crippen LogP contribution in [0.4, 0.5) is 4.39 Å². The van der Waals surface area contributed by atoms with Crippen molar-refractivity contribution >= 4 is 15.9 Å². The summed E-state index contributed by atoms with van der Waals surface area (Å²) in [7, 11) is -3.71. The van der Waals surface area contributed by atoms with Crippen molar-refractivity contribution in [3.63, 3.8) is 0 Å². The normalized spacial score (nSPS) is 14.7. The van der Waals surface area contributed by atoms with Crippen LogP contribution in [0.15, 0.2) is 70.4 Å². The van der Waals surface area contributed by atoms with Gasteiger partial charge in [0.1, 0.15) is 17.3 Å². The zero-order chi connectivity index (χ0) is 24.3. The van der Waals surface area contributed by atoms with Crippen molar-refractivity contribution in [1.82, 2.24) is 19.0 Å². The molecule has 0 N–H and O–H groups in total. The SMILES string of the molecule is CCOc1ccc(S(=O)(=O)N2CCN(C(=O)c3ccc(=O)n(-c4ccc(F)cc4)n3)CC2)cc1. The van der Waals surface area contributed by atoms with E-state index in [4.69, 9.17) is 4.74 Å². The maximum absolute atomic E-state index is 13.2. The molecule has 4 rings (SSSR count). The fourth-order valence-corrected chi connectivity index (χ4v) is 5.03. The minimum Gasteiger partial charge on any atom is -0.494 e. The lowest BCUT2D eigenvalue weighted by molar-refractivity contribution is 0.0690. The third-order valence-corrected chi connectivity index (χ3v) is 7.30. The maximum atomic E-state index is 13.2. The summed E-state index contributed by atoms with van der Waals surface area (Å²) < 4.78 is 46.9. The van der Waals surface area contributed by atoms with Crippen LogP contribution in [-0.2, 0) is 10.0 Å². The summed E-state index contributed by atoms with van der Waals surface area (Å²) in [5.41, 5.74) is -0.103. The molecule has 1 amide bonds. The molecule has 0 unspecified atom stereocenters. The van der Waals surface area contributed by atoms with E-state index < -0.39 is 27.3 Å². The van der Waals surface area contributed by atoms with Gasteiger partial charge < -0.3 is 9.64 Å². The molecular weight excluding hydrogens is 463 g/mol. The van der Waals surface area contributed by atoms with Crippen LogP contribution in [0.5, 0.6) is 5.75 Å². The molecule has 34 heavy (non-hydrogen) atoms. The maximum Gasteiger partial charge on any atom is 0.274 e. The Morgan fingerprint density at radius 1 is 0.971 bits per heavy atom. The molecule has 1 aliphatic heterocycles. The van der Waals surface area contributed by atoms with Crippen molar-refractivity contribution < 1.29 is 22.3 Å². The molecule has 178 valence electrons. The smallest absolute Gasteiger partial charge is 0.274 e. The third-order valence-electron chi connectivity index (χ3n) is 5.39. The molecule has 1 fully saturated rings. The van der Waals surface area contributed by atoms with E-state index in [9.17, 15) is 22.4 Å². The Labute approximate surface area is 196 Å². The highest BCUT2D eigenvalue weighted by molar-refractivity contribution is 7.89. The highest BCUT2D eigenvalue weighted by Gasteiger charge is 2.31. The van der Waals surface area contributed by atoms with Crippen LogP contribution in [-0.4, -0.2) is 66.1 Å². The van der Waals surface area contributed by atoms with E-state index in [1.807, 2.05) is 6.92 Å². The van der Waals surface area contributed by atoms with Crippen molar-refractivity contribution in [3.05, 3.63) is 82.5 Å². The summed E-state index contributed by atoms with van der Waals surface area (Å²) >= 11 is 0. The number of hydrogen-bond acceptors (Lipinski definition) is 6. The van der Waals surface area contributed by atoms with Crippen molar-refractivity contribution in [2.75, 3.05) is 32.8 Å². The van der Waals surface area contributed by atoms with Crippen molar-refractivity contribution in [2.45, 2.75) is 11.8 Å². The second-order valence-electron chi connectivity index (χ2n) is 7.55.